The fourth-order valence-corrected chi connectivity index (χ4v) is 4.31. The summed E-state index contributed by atoms with van der Waals surface area (Å²) in [7, 11) is 0. The van der Waals surface area contributed by atoms with Gasteiger partial charge in [0.25, 0.3) is 5.56 Å². The number of halogens is 1. The summed E-state index contributed by atoms with van der Waals surface area (Å²) >= 11 is 6.06. The lowest BCUT2D eigenvalue weighted by Gasteiger charge is -2.23. The van der Waals surface area contributed by atoms with Gasteiger partial charge in [0.15, 0.2) is 0 Å². The molecule has 1 aromatic heterocycles. The lowest BCUT2D eigenvalue weighted by Crippen LogP contribution is -2.17. The van der Waals surface area contributed by atoms with Gasteiger partial charge < -0.3 is 0 Å². The van der Waals surface area contributed by atoms with Crippen LogP contribution in [0.25, 0.3) is 16.8 Å². The maximum Gasteiger partial charge on any atom is 0.268 e. The van der Waals surface area contributed by atoms with E-state index in [1.807, 2.05) is 24.3 Å². The molecule has 4 heteroatoms. The number of nitrogens with one attached hydrogen (secondary N) is 2. The summed E-state index contributed by atoms with van der Waals surface area (Å²) < 4.78 is 0. The molecule has 0 saturated heterocycles. The highest BCUT2D eigenvalue weighted by molar-refractivity contribution is 6.30. The van der Waals surface area contributed by atoms with Crippen molar-refractivity contribution in [3.05, 3.63) is 110 Å². The lowest BCUT2D eigenvalue weighted by molar-refractivity contribution is 0.762. The van der Waals surface area contributed by atoms with Crippen molar-refractivity contribution < 1.29 is 0 Å². The van der Waals surface area contributed by atoms with E-state index in [2.05, 4.69) is 58.7 Å². The monoisotopic (exact) mass is 386 g/mol. The number of H-pyrrole nitrogens is 2. The molecule has 1 heterocycles. The molecule has 4 aromatic rings. The van der Waals surface area contributed by atoms with Gasteiger partial charge in [-0.2, -0.15) is 0 Å². The van der Waals surface area contributed by atoms with Crippen LogP contribution >= 0.6 is 11.6 Å². The summed E-state index contributed by atoms with van der Waals surface area (Å²) in [5.41, 5.74) is 5.34. The van der Waals surface area contributed by atoms with Crippen molar-refractivity contribution in [1.29, 1.82) is 0 Å². The summed E-state index contributed by atoms with van der Waals surface area (Å²) in [6, 6.07) is 22.8. The van der Waals surface area contributed by atoms with E-state index in [1.54, 1.807) is 0 Å². The van der Waals surface area contributed by atoms with Gasteiger partial charge >= 0.3 is 0 Å². The summed E-state index contributed by atoms with van der Waals surface area (Å²) in [4.78, 5) is 12.4. The minimum absolute atomic E-state index is 0.0303. The molecular formula is C24H19ClN2O. The number of benzene rings is 3. The maximum atomic E-state index is 12.4. The van der Waals surface area contributed by atoms with E-state index in [0.29, 0.717) is 5.02 Å². The molecule has 0 radical (unpaired) electrons. The van der Waals surface area contributed by atoms with Gasteiger partial charge in [0.1, 0.15) is 0 Å². The maximum absolute atomic E-state index is 12.4. The van der Waals surface area contributed by atoms with Crippen LogP contribution in [-0.4, -0.2) is 10.2 Å². The Bertz CT molecular complexity index is 1250. The van der Waals surface area contributed by atoms with E-state index in [1.165, 1.54) is 21.9 Å². The molecule has 1 unspecified atom stereocenters. The highest BCUT2D eigenvalue weighted by Crippen LogP contribution is 2.37. The van der Waals surface area contributed by atoms with Crippen LogP contribution in [0.4, 0.5) is 0 Å². The summed E-state index contributed by atoms with van der Waals surface area (Å²) in [6.07, 6.45) is 3.80. The van der Waals surface area contributed by atoms with Crippen molar-refractivity contribution in [3.63, 3.8) is 0 Å². The molecule has 0 saturated carbocycles. The number of hydrogen-bond donors (Lipinski definition) is 2. The summed E-state index contributed by atoms with van der Waals surface area (Å²) in [5.74, 6) is 0.0303. The second-order valence-electron chi connectivity index (χ2n) is 7.38. The van der Waals surface area contributed by atoms with Crippen LogP contribution in [0.15, 0.2) is 77.1 Å². The molecule has 138 valence electrons. The minimum Gasteiger partial charge on any atom is -0.298 e. The largest absolute Gasteiger partial charge is 0.298 e. The Labute approximate surface area is 167 Å². The standard InChI is InChI=1S/C24H19ClN2O/c25-20-9-7-18(8-10-20)21-13-16(14-22-23(21)24(28)27-26-22)11-15-5-6-17-3-1-2-4-19(17)12-15/h1-10,12,14,21H,11,13H2,(H2,26,27,28). The van der Waals surface area contributed by atoms with Crippen LogP contribution < -0.4 is 5.56 Å². The number of hydrogen-bond acceptors (Lipinski definition) is 1. The van der Waals surface area contributed by atoms with Gasteiger partial charge in [0.05, 0.1) is 11.3 Å². The number of fused-ring (bicyclic) bond motifs is 2. The van der Waals surface area contributed by atoms with E-state index >= 15 is 0 Å². The number of rotatable bonds is 3. The number of aromatic amines is 2. The zero-order chi connectivity index (χ0) is 19.1. The van der Waals surface area contributed by atoms with Crippen LogP contribution in [0.2, 0.25) is 5.02 Å². The van der Waals surface area contributed by atoms with Crippen molar-refractivity contribution in [1.82, 2.24) is 10.2 Å². The second kappa shape index (κ2) is 6.84. The number of allylic oxidation sites excluding steroid dienone is 1. The third-order valence-corrected chi connectivity index (χ3v) is 5.78. The van der Waals surface area contributed by atoms with Crippen molar-refractivity contribution in [2.75, 3.05) is 0 Å². The Hall–Kier alpha value is -3.04. The molecule has 1 aliphatic carbocycles. The van der Waals surface area contributed by atoms with E-state index < -0.39 is 0 Å². The normalized spacial score (nSPS) is 16.0. The first-order valence-electron chi connectivity index (χ1n) is 9.40. The van der Waals surface area contributed by atoms with Crippen LogP contribution in [0.5, 0.6) is 0 Å². The van der Waals surface area contributed by atoms with Gasteiger partial charge in [-0.05, 0) is 52.9 Å². The first kappa shape index (κ1) is 17.1. The topological polar surface area (TPSA) is 48.6 Å². The van der Waals surface area contributed by atoms with Crippen LogP contribution in [-0.2, 0) is 6.42 Å². The highest BCUT2D eigenvalue weighted by Gasteiger charge is 2.27. The minimum atomic E-state index is -0.0454. The van der Waals surface area contributed by atoms with Gasteiger partial charge in [-0.25, -0.2) is 0 Å². The van der Waals surface area contributed by atoms with E-state index in [4.69, 9.17) is 11.6 Å². The smallest absolute Gasteiger partial charge is 0.268 e. The first-order chi connectivity index (χ1) is 13.7. The molecule has 5 rings (SSSR count). The van der Waals surface area contributed by atoms with E-state index in [-0.39, 0.29) is 11.5 Å². The third-order valence-electron chi connectivity index (χ3n) is 5.53. The predicted molar refractivity (Wildman–Crippen MR) is 115 cm³/mol. The van der Waals surface area contributed by atoms with E-state index in [9.17, 15) is 4.79 Å². The zero-order valence-electron chi connectivity index (χ0n) is 15.2. The first-order valence-corrected chi connectivity index (χ1v) is 9.78. The Morgan fingerprint density at radius 3 is 2.54 bits per heavy atom. The van der Waals surface area contributed by atoms with Gasteiger partial charge in [0, 0.05) is 10.9 Å². The lowest BCUT2D eigenvalue weighted by atomic mass is 9.80. The molecule has 28 heavy (non-hydrogen) atoms. The molecule has 0 bridgehead atoms. The van der Waals surface area contributed by atoms with Crippen molar-refractivity contribution in [2.24, 2.45) is 0 Å². The van der Waals surface area contributed by atoms with Gasteiger partial charge in [0.2, 0.25) is 0 Å². The summed E-state index contributed by atoms with van der Waals surface area (Å²) in [6.45, 7) is 0. The van der Waals surface area contributed by atoms with Gasteiger partial charge in [-0.3, -0.25) is 15.0 Å². The summed E-state index contributed by atoms with van der Waals surface area (Å²) in [5, 5.41) is 8.99. The Kier molecular flexibility index (Phi) is 4.18. The SMILES string of the molecule is O=c1[nH][nH]c2c1C(c1ccc(Cl)cc1)CC(Cc1ccc3ccccc3c1)=C2. The molecule has 0 spiro atoms. The molecule has 1 aliphatic rings. The molecule has 0 amide bonds. The Morgan fingerprint density at radius 1 is 0.929 bits per heavy atom. The second-order valence-corrected chi connectivity index (χ2v) is 7.81. The highest BCUT2D eigenvalue weighted by atomic mass is 35.5. The van der Waals surface area contributed by atoms with Crippen LogP contribution in [0.3, 0.4) is 0 Å². The Morgan fingerprint density at radius 2 is 1.71 bits per heavy atom. The van der Waals surface area contributed by atoms with Crippen molar-refractivity contribution in [3.8, 4) is 0 Å². The fraction of sp³-hybridized carbons (Fsp3) is 0.125. The molecule has 3 nitrogen and oxygen atoms in total. The molecular weight excluding hydrogens is 368 g/mol. The average Bonchev–Trinajstić information content (AvgIpc) is 3.09. The predicted octanol–water partition coefficient (Wildman–Crippen LogP) is 5.67. The Balaban J connectivity index is 1.52. The zero-order valence-corrected chi connectivity index (χ0v) is 16.0. The average molecular weight is 387 g/mol. The molecule has 0 aliphatic heterocycles. The van der Waals surface area contributed by atoms with Gasteiger partial charge in [-0.1, -0.05) is 71.8 Å². The van der Waals surface area contributed by atoms with Crippen molar-refractivity contribution in [2.45, 2.75) is 18.8 Å². The fourth-order valence-electron chi connectivity index (χ4n) is 4.18. The quantitative estimate of drug-likeness (QED) is 0.468. The van der Waals surface area contributed by atoms with Crippen molar-refractivity contribution >= 4 is 28.4 Å². The third kappa shape index (κ3) is 3.08. The molecule has 2 N–H and O–H groups in total. The van der Waals surface area contributed by atoms with Crippen LogP contribution in [0.1, 0.15) is 34.7 Å². The van der Waals surface area contributed by atoms with Gasteiger partial charge in [-0.15, -0.1) is 0 Å². The molecule has 1 atom stereocenters. The van der Waals surface area contributed by atoms with Crippen LogP contribution in [0, 0.1) is 0 Å². The number of aromatic nitrogens is 2. The molecule has 0 fully saturated rings. The van der Waals surface area contributed by atoms with E-state index in [0.717, 1.165) is 29.7 Å². The molecule has 3 aromatic carbocycles.